The van der Waals surface area contributed by atoms with Crippen molar-refractivity contribution in [3.63, 3.8) is 0 Å². The molecule has 1 heterocycles. The molecular weight excluding hydrogens is 294 g/mol. The zero-order chi connectivity index (χ0) is 15.2. The summed E-state index contributed by atoms with van der Waals surface area (Å²) in [7, 11) is 3.35. The molecular formula is C13H18ClN5O2. The maximum atomic E-state index is 6.12. The minimum absolute atomic E-state index is 0.476. The Morgan fingerprint density at radius 2 is 2.19 bits per heavy atom. The highest BCUT2D eigenvalue weighted by Gasteiger charge is 2.13. The van der Waals surface area contributed by atoms with Crippen LogP contribution in [0, 0.1) is 0 Å². The number of nitrogens with one attached hydrogen (secondary N) is 1. The van der Waals surface area contributed by atoms with E-state index < -0.39 is 0 Å². The maximum Gasteiger partial charge on any atom is 0.242 e. The van der Waals surface area contributed by atoms with Crippen molar-refractivity contribution in [3.05, 3.63) is 22.7 Å². The summed E-state index contributed by atoms with van der Waals surface area (Å²) in [4.78, 5) is 0. The number of hydrogen-bond acceptors (Lipinski definition) is 6. The fourth-order valence-electron chi connectivity index (χ4n) is 1.83. The second-order valence-electron chi connectivity index (χ2n) is 4.42. The molecule has 2 aromatic rings. The molecule has 1 aromatic heterocycles. The standard InChI is InChI=1S/C13H18ClN5O2/c1-4-5-21-12-9(6-10(14)7-11(12)20-3)8-15-13-16-17-18-19(13)2/h6-7H,4-5,8H2,1-3H3,(H,15,16,18). The molecule has 0 atom stereocenters. The molecule has 0 fully saturated rings. The van der Waals surface area contributed by atoms with Crippen LogP contribution in [-0.4, -0.2) is 33.9 Å². The molecule has 0 bridgehead atoms. The van der Waals surface area contributed by atoms with Crippen LogP contribution in [0.5, 0.6) is 11.5 Å². The Hall–Kier alpha value is -2.02. The summed E-state index contributed by atoms with van der Waals surface area (Å²) < 4.78 is 12.7. The predicted molar refractivity (Wildman–Crippen MR) is 79.9 cm³/mol. The summed E-state index contributed by atoms with van der Waals surface area (Å²) >= 11 is 6.12. The smallest absolute Gasteiger partial charge is 0.242 e. The average Bonchev–Trinajstić information content (AvgIpc) is 2.88. The lowest BCUT2D eigenvalue weighted by atomic mass is 10.2. The van der Waals surface area contributed by atoms with Crippen molar-refractivity contribution in [2.45, 2.75) is 19.9 Å². The number of methoxy groups -OCH3 is 1. The van der Waals surface area contributed by atoms with Crippen LogP contribution in [0.2, 0.25) is 5.02 Å². The van der Waals surface area contributed by atoms with Gasteiger partial charge in [-0.15, -0.1) is 0 Å². The quantitative estimate of drug-likeness (QED) is 0.845. The minimum atomic E-state index is 0.476. The second-order valence-corrected chi connectivity index (χ2v) is 4.86. The van der Waals surface area contributed by atoms with Gasteiger partial charge >= 0.3 is 0 Å². The number of benzene rings is 1. The molecule has 0 aliphatic heterocycles. The Morgan fingerprint density at radius 3 is 2.81 bits per heavy atom. The minimum Gasteiger partial charge on any atom is -0.493 e. The Balaban J connectivity index is 2.23. The molecule has 1 N–H and O–H groups in total. The lowest BCUT2D eigenvalue weighted by molar-refractivity contribution is 0.291. The Labute approximate surface area is 128 Å². The zero-order valence-electron chi connectivity index (χ0n) is 12.3. The molecule has 0 saturated carbocycles. The summed E-state index contributed by atoms with van der Waals surface area (Å²) in [6, 6.07) is 3.58. The number of ether oxygens (including phenoxy) is 2. The van der Waals surface area contributed by atoms with Gasteiger partial charge < -0.3 is 14.8 Å². The molecule has 0 aliphatic carbocycles. The van der Waals surface area contributed by atoms with Gasteiger partial charge in [-0.1, -0.05) is 23.6 Å². The van der Waals surface area contributed by atoms with Gasteiger partial charge in [0.1, 0.15) is 0 Å². The van der Waals surface area contributed by atoms with E-state index in [1.54, 1.807) is 24.9 Å². The fraction of sp³-hybridized carbons (Fsp3) is 0.462. The van der Waals surface area contributed by atoms with Crippen LogP contribution in [-0.2, 0) is 13.6 Å². The van der Waals surface area contributed by atoms with E-state index in [0.29, 0.717) is 35.6 Å². The zero-order valence-corrected chi connectivity index (χ0v) is 13.0. The van der Waals surface area contributed by atoms with Crippen molar-refractivity contribution in [2.24, 2.45) is 7.05 Å². The van der Waals surface area contributed by atoms with Crippen LogP contribution in [0.3, 0.4) is 0 Å². The molecule has 7 nitrogen and oxygen atoms in total. The first kappa shape index (κ1) is 15.4. The van der Waals surface area contributed by atoms with Gasteiger partial charge in [0.25, 0.3) is 0 Å². The van der Waals surface area contributed by atoms with Crippen LogP contribution in [0.15, 0.2) is 12.1 Å². The van der Waals surface area contributed by atoms with E-state index >= 15 is 0 Å². The van der Waals surface area contributed by atoms with Gasteiger partial charge in [-0.05, 0) is 22.9 Å². The highest BCUT2D eigenvalue weighted by Crippen LogP contribution is 2.35. The van der Waals surface area contributed by atoms with Crippen LogP contribution in [0.4, 0.5) is 5.95 Å². The molecule has 0 saturated heterocycles. The molecule has 0 unspecified atom stereocenters. The number of aryl methyl sites for hydroxylation is 1. The Bertz CT molecular complexity index is 602. The van der Waals surface area contributed by atoms with Crippen molar-refractivity contribution < 1.29 is 9.47 Å². The number of tetrazole rings is 1. The van der Waals surface area contributed by atoms with Gasteiger partial charge in [-0.25, -0.2) is 4.68 Å². The molecule has 114 valence electrons. The normalized spacial score (nSPS) is 10.5. The monoisotopic (exact) mass is 311 g/mol. The first-order valence-corrected chi connectivity index (χ1v) is 6.99. The van der Waals surface area contributed by atoms with Crippen molar-refractivity contribution >= 4 is 17.5 Å². The van der Waals surface area contributed by atoms with E-state index in [-0.39, 0.29) is 0 Å². The van der Waals surface area contributed by atoms with E-state index in [9.17, 15) is 0 Å². The van der Waals surface area contributed by atoms with E-state index in [2.05, 4.69) is 20.8 Å². The average molecular weight is 312 g/mol. The topological polar surface area (TPSA) is 74.1 Å². The van der Waals surface area contributed by atoms with Crippen LogP contribution >= 0.6 is 11.6 Å². The second kappa shape index (κ2) is 7.12. The highest BCUT2D eigenvalue weighted by atomic mass is 35.5. The SMILES string of the molecule is CCCOc1c(CNc2nnnn2C)cc(Cl)cc1OC. The van der Waals surface area contributed by atoms with Gasteiger partial charge in [0.05, 0.1) is 13.7 Å². The maximum absolute atomic E-state index is 6.12. The summed E-state index contributed by atoms with van der Waals surface area (Å²) in [5, 5.41) is 14.9. The number of rotatable bonds is 7. The molecule has 21 heavy (non-hydrogen) atoms. The molecule has 0 spiro atoms. The third-order valence-corrected chi connectivity index (χ3v) is 3.04. The fourth-order valence-corrected chi connectivity index (χ4v) is 2.06. The Kier molecular flexibility index (Phi) is 5.21. The number of hydrogen-bond donors (Lipinski definition) is 1. The number of halogens is 1. The molecule has 1 aromatic carbocycles. The number of anilines is 1. The lowest BCUT2D eigenvalue weighted by Crippen LogP contribution is -2.08. The third kappa shape index (κ3) is 3.75. The summed E-state index contributed by atoms with van der Waals surface area (Å²) in [5.74, 6) is 1.87. The first-order chi connectivity index (χ1) is 10.2. The van der Waals surface area contributed by atoms with E-state index in [4.69, 9.17) is 21.1 Å². The van der Waals surface area contributed by atoms with Crippen molar-refractivity contribution in [2.75, 3.05) is 19.0 Å². The molecule has 8 heteroatoms. The van der Waals surface area contributed by atoms with Crippen molar-refractivity contribution in [1.29, 1.82) is 0 Å². The molecule has 0 amide bonds. The molecule has 0 radical (unpaired) electrons. The first-order valence-electron chi connectivity index (χ1n) is 6.61. The van der Waals surface area contributed by atoms with Gasteiger partial charge in [0.2, 0.25) is 5.95 Å². The predicted octanol–water partition coefficient (Wildman–Crippen LogP) is 2.27. The lowest BCUT2D eigenvalue weighted by Gasteiger charge is -2.16. The highest BCUT2D eigenvalue weighted by molar-refractivity contribution is 6.30. The van der Waals surface area contributed by atoms with E-state index in [0.717, 1.165) is 12.0 Å². The molecule has 0 aliphatic rings. The van der Waals surface area contributed by atoms with Gasteiger partial charge in [0, 0.05) is 30.2 Å². The summed E-state index contributed by atoms with van der Waals surface area (Å²) in [5.41, 5.74) is 0.885. The molecule has 2 rings (SSSR count). The number of nitrogens with zero attached hydrogens (tertiary/aromatic N) is 4. The Morgan fingerprint density at radius 1 is 1.38 bits per heavy atom. The third-order valence-electron chi connectivity index (χ3n) is 2.82. The van der Waals surface area contributed by atoms with E-state index in [1.165, 1.54) is 0 Å². The largest absolute Gasteiger partial charge is 0.493 e. The van der Waals surface area contributed by atoms with Gasteiger partial charge in [-0.2, -0.15) is 0 Å². The van der Waals surface area contributed by atoms with Crippen LogP contribution in [0.1, 0.15) is 18.9 Å². The van der Waals surface area contributed by atoms with Crippen LogP contribution in [0.25, 0.3) is 0 Å². The summed E-state index contributed by atoms with van der Waals surface area (Å²) in [6.45, 7) is 3.13. The number of aromatic nitrogens is 4. The van der Waals surface area contributed by atoms with Crippen molar-refractivity contribution in [3.8, 4) is 11.5 Å². The summed E-state index contributed by atoms with van der Waals surface area (Å²) in [6.07, 6.45) is 0.909. The van der Waals surface area contributed by atoms with Crippen molar-refractivity contribution in [1.82, 2.24) is 20.2 Å². The van der Waals surface area contributed by atoms with Gasteiger partial charge in [-0.3, -0.25) is 0 Å². The van der Waals surface area contributed by atoms with Crippen LogP contribution < -0.4 is 14.8 Å². The van der Waals surface area contributed by atoms with E-state index in [1.807, 2.05) is 13.0 Å². The van der Waals surface area contributed by atoms with Gasteiger partial charge in [0.15, 0.2) is 11.5 Å².